The number of rotatable bonds is 33. The molecule has 0 spiro atoms. The molecule has 48 heavy (non-hydrogen) atoms. The highest BCUT2D eigenvalue weighted by Crippen LogP contribution is 2.33. The molecule has 1 aromatic rings. The molecule has 1 saturated heterocycles. The largest absolute Gasteiger partial charge is 0.379 e. The van der Waals surface area contributed by atoms with Crippen molar-refractivity contribution in [2.45, 2.75) is 192 Å². The monoisotopic (exact) mass is 671 g/mol. The molecule has 1 fully saturated rings. The number of benzene rings is 1. The van der Waals surface area contributed by atoms with Crippen molar-refractivity contribution >= 4 is 5.91 Å². The number of amides is 1. The predicted octanol–water partition coefficient (Wildman–Crippen LogP) is 11.2. The Morgan fingerprint density at radius 2 is 1.08 bits per heavy atom. The van der Waals surface area contributed by atoms with Gasteiger partial charge in [-0.15, -0.1) is 0 Å². The summed E-state index contributed by atoms with van der Waals surface area (Å²) in [6.07, 6.45) is 33.8. The number of piperidine rings is 1. The van der Waals surface area contributed by atoms with E-state index in [1.165, 1.54) is 141 Å². The molecule has 1 unspecified atom stereocenters. The van der Waals surface area contributed by atoms with Crippen molar-refractivity contribution in [2.75, 3.05) is 39.5 Å². The lowest BCUT2D eigenvalue weighted by molar-refractivity contribution is -0.128. The summed E-state index contributed by atoms with van der Waals surface area (Å²) in [6, 6.07) is 10.4. The average Bonchev–Trinajstić information content (AvgIpc) is 3.12. The Morgan fingerprint density at radius 1 is 0.646 bits per heavy atom. The van der Waals surface area contributed by atoms with Crippen molar-refractivity contribution < 1.29 is 14.3 Å². The first-order valence-corrected chi connectivity index (χ1v) is 21.0. The third kappa shape index (κ3) is 20.3. The van der Waals surface area contributed by atoms with Crippen molar-refractivity contribution in [3.05, 3.63) is 35.9 Å². The molecule has 5 nitrogen and oxygen atoms in total. The van der Waals surface area contributed by atoms with Crippen molar-refractivity contribution in [3.8, 4) is 0 Å². The third-order valence-electron chi connectivity index (χ3n) is 10.5. The van der Waals surface area contributed by atoms with Gasteiger partial charge in [0, 0.05) is 19.8 Å². The Balaban J connectivity index is 1.67. The molecule has 1 heterocycles. The van der Waals surface area contributed by atoms with Crippen LogP contribution in [-0.2, 0) is 19.7 Å². The Bertz CT molecular complexity index is 842. The second kappa shape index (κ2) is 30.4. The van der Waals surface area contributed by atoms with Crippen LogP contribution < -0.4 is 10.6 Å². The van der Waals surface area contributed by atoms with Gasteiger partial charge in [-0.05, 0) is 44.3 Å². The third-order valence-corrected chi connectivity index (χ3v) is 10.5. The minimum Gasteiger partial charge on any atom is -0.379 e. The zero-order valence-electron chi connectivity index (χ0n) is 31.8. The van der Waals surface area contributed by atoms with E-state index in [0.717, 1.165) is 57.6 Å². The number of unbranched alkanes of at least 4 members (excludes halogenated alkanes) is 22. The van der Waals surface area contributed by atoms with Gasteiger partial charge < -0.3 is 20.1 Å². The van der Waals surface area contributed by atoms with Crippen LogP contribution in [0.25, 0.3) is 0 Å². The summed E-state index contributed by atoms with van der Waals surface area (Å²) in [5.41, 5.74) is 0.656. The summed E-state index contributed by atoms with van der Waals surface area (Å²) < 4.78 is 12.5. The van der Waals surface area contributed by atoms with Crippen molar-refractivity contribution in [1.82, 2.24) is 10.6 Å². The molecule has 5 heteroatoms. The fourth-order valence-electron chi connectivity index (χ4n) is 7.25. The van der Waals surface area contributed by atoms with Gasteiger partial charge in [-0.25, -0.2) is 0 Å². The Kier molecular flexibility index (Phi) is 27.1. The SMILES string of the molecule is CCCCCCCCCCCCCCOCC(CNC(=O)C1(c2ccccc2)CCNCC1)OCCCCCCCCCCCCCC. The van der Waals surface area contributed by atoms with E-state index in [1.807, 2.05) is 6.07 Å². The lowest BCUT2D eigenvalue weighted by Gasteiger charge is -2.37. The van der Waals surface area contributed by atoms with Crippen LogP contribution in [0.5, 0.6) is 0 Å². The number of carbonyl (C=O) groups excluding carboxylic acids is 1. The maximum Gasteiger partial charge on any atom is 0.230 e. The van der Waals surface area contributed by atoms with E-state index in [9.17, 15) is 4.79 Å². The molecule has 0 aromatic heterocycles. The van der Waals surface area contributed by atoms with Crippen LogP contribution in [0.15, 0.2) is 30.3 Å². The molecule has 278 valence electrons. The van der Waals surface area contributed by atoms with Gasteiger partial charge in [0.1, 0.15) is 0 Å². The Morgan fingerprint density at radius 3 is 1.56 bits per heavy atom. The Labute approximate surface area is 297 Å². The molecule has 1 aromatic carbocycles. The van der Waals surface area contributed by atoms with Crippen LogP contribution in [0.4, 0.5) is 0 Å². The molecular weight excluding hydrogens is 592 g/mol. The maximum atomic E-state index is 13.8. The first-order valence-electron chi connectivity index (χ1n) is 21.0. The minimum absolute atomic E-state index is 0.103. The first-order chi connectivity index (χ1) is 23.7. The molecule has 0 radical (unpaired) electrons. The van der Waals surface area contributed by atoms with Crippen LogP contribution in [-0.4, -0.2) is 51.5 Å². The van der Waals surface area contributed by atoms with E-state index in [0.29, 0.717) is 13.2 Å². The molecule has 2 rings (SSSR count). The highest BCUT2D eigenvalue weighted by atomic mass is 16.5. The lowest BCUT2D eigenvalue weighted by atomic mass is 9.72. The minimum atomic E-state index is -0.470. The summed E-state index contributed by atoms with van der Waals surface area (Å²) in [5.74, 6) is 0.134. The lowest BCUT2D eigenvalue weighted by Crippen LogP contribution is -2.52. The standard InChI is InChI=1S/C43H78N2O3/c1-3-5-7-9-11-13-15-17-19-21-23-28-36-47-39-41(48-37-29-24-22-20-18-16-14-12-10-8-6-4-2)38-45-42(46)43(32-34-44-35-33-43)40-30-26-25-27-31-40/h25-27,30-31,41,44H,3-24,28-29,32-39H2,1-2H3,(H,45,46). The topological polar surface area (TPSA) is 59.6 Å². The summed E-state index contributed by atoms with van der Waals surface area (Å²) in [6.45, 7) is 8.89. The number of ether oxygens (including phenoxy) is 2. The van der Waals surface area contributed by atoms with Crippen molar-refractivity contribution in [2.24, 2.45) is 0 Å². The van der Waals surface area contributed by atoms with Gasteiger partial charge in [0.15, 0.2) is 0 Å². The summed E-state index contributed by atoms with van der Waals surface area (Å²) in [4.78, 5) is 13.8. The molecule has 1 atom stereocenters. The molecule has 0 aliphatic carbocycles. The summed E-state index contributed by atoms with van der Waals surface area (Å²) >= 11 is 0. The van der Waals surface area contributed by atoms with E-state index < -0.39 is 5.41 Å². The predicted molar refractivity (Wildman–Crippen MR) is 206 cm³/mol. The van der Waals surface area contributed by atoms with Crippen LogP contribution in [0.1, 0.15) is 186 Å². The van der Waals surface area contributed by atoms with Crippen LogP contribution in [0.2, 0.25) is 0 Å². The van der Waals surface area contributed by atoms with E-state index in [2.05, 4.69) is 48.7 Å². The molecule has 0 bridgehead atoms. The highest BCUT2D eigenvalue weighted by Gasteiger charge is 2.41. The maximum absolute atomic E-state index is 13.8. The molecule has 0 saturated carbocycles. The van der Waals surface area contributed by atoms with E-state index in [-0.39, 0.29) is 12.0 Å². The average molecular weight is 671 g/mol. The zero-order valence-corrected chi connectivity index (χ0v) is 31.8. The van der Waals surface area contributed by atoms with Gasteiger partial charge in [-0.1, -0.05) is 185 Å². The number of carbonyl (C=O) groups is 1. The van der Waals surface area contributed by atoms with Crippen LogP contribution >= 0.6 is 0 Å². The number of nitrogens with one attached hydrogen (secondary N) is 2. The van der Waals surface area contributed by atoms with Gasteiger partial charge >= 0.3 is 0 Å². The quantitative estimate of drug-likeness (QED) is 0.0731. The molecule has 2 N–H and O–H groups in total. The van der Waals surface area contributed by atoms with Crippen LogP contribution in [0.3, 0.4) is 0 Å². The van der Waals surface area contributed by atoms with Crippen LogP contribution in [0, 0.1) is 0 Å². The van der Waals surface area contributed by atoms with Gasteiger partial charge in [-0.3, -0.25) is 4.79 Å². The van der Waals surface area contributed by atoms with Gasteiger partial charge in [0.2, 0.25) is 5.91 Å². The fraction of sp³-hybridized carbons (Fsp3) is 0.837. The fourth-order valence-corrected chi connectivity index (χ4v) is 7.25. The molecule has 1 amide bonds. The second-order valence-corrected chi connectivity index (χ2v) is 14.8. The number of hydrogen-bond donors (Lipinski definition) is 2. The smallest absolute Gasteiger partial charge is 0.230 e. The van der Waals surface area contributed by atoms with Crippen molar-refractivity contribution in [3.63, 3.8) is 0 Å². The second-order valence-electron chi connectivity index (χ2n) is 14.8. The van der Waals surface area contributed by atoms with Gasteiger partial charge in [0.05, 0.1) is 18.1 Å². The van der Waals surface area contributed by atoms with Gasteiger partial charge in [0.25, 0.3) is 0 Å². The number of hydrogen-bond acceptors (Lipinski definition) is 4. The normalized spacial score (nSPS) is 15.0. The Hall–Kier alpha value is -1.43. The van der Waals surface area contributed by atoms with E-state index >= 15 is 0 Å². The van der Waals surface area contributed by atoms with Gasteiger partial charge in [-0.2, -0.15) is 0 Å². The summed E-state index contributed by atoms with van der Waals surface area (Å²) in [5, 5.41) is 6.76. The van der Waals surface area contributed by atoms with E-state index in [4.69, 9.17) is 9.47 Å². The highest BCUT2D eigenvalue weighted by molar-refractivity contribution is 5.88. The van der Waals surface area contributed by atoms with Crippen molar-refractivity contribution in [1.29, 1.82) is 0 Å². The first kappa shape index (κ1) is 42.7. The molecule has 1 aliphatic rings. The molecule has 1 aliphatic heterocycles. The summed E-state index contributed by atoms with van der Waals surface area (Å²) in [7, 11) is 0. The molecular formula is C43H78N2O3. The van der Waals surface area contributed by atoms with E-state index in [1.54, 1.807) is 0 Å². The zero-order chi connectivity index (χ0) is 34.2.